The number of amides is 1. The molecule has 1 aliphatic rings. The highest BCUT2D eigenvalue weighted by Crippen LogP contribution is 2.22. The molecule has 3 aromatic rings. The molecule has 194 valence electrons. The first-order chi connectivity index (χ1) is 17.9. The number of carbonyl (C=O) groups excluding carboxylic acids is 1. The van der Waals surface area contributed by atoms with E-state index in [4.69, 9.17) is 9.84 Å². The van der Waals surface area contributed by atoms with E-state index in [1.807, 2.05) is 85.6 Å². The molecular weight excluding hydrogens is 466 g/mol. The van der Waals surface area contributed by atoms with Gasteiger partial charge in [0, 0.05) is 39.3 Å². The van der Waals surface area contributed by atoms with Crippen molar-refractivity contribution in [2.75, 3.05) is 33.2 Å². The second-order valence-corrected chi connectivity index (χ2v) is 9.61. The van der Waals surface area contributed by atoms with Crippen molar-refractivity contribution < 1.29 is 19.4 Å². The molecule has 0 saturated carbocycles. The third-order valence-corrected chi connectivity index (χ3v) is 6.86. The molecule has 7 nitrogen and oxygen atoms in total. The van der Waals surface area contributed by atoms with Crippen LogP contribution >= 0.6 is 0 Å². The van der Waals surface area contributed by atoms with E-state index in [2.05, 4.69) is 9.80 Å². The minimum Gasteiger partial charge on any atom is -0.478 e. The van der Waals surface area contributed by atoms with Crippen LogP contribution in [0.15, 0.2) is 78.9 Å². The molecular formula is C30H35N3O4. The van der Waals surface area contributed by atoms with Gasteiger partial charge >= 0.3 is 5.97 Å². The highest BCUT2D eigenvalue weighted by atomic mass is 16.5. The van der Waals surface area contributed by atoms with Gasteiger partial charge in [-0.1, -0.05) is 42.5 Å². The third kappa shape index (κ3) is 7.41. The van der Waals surface area contributed by atoms with Gasteiger partial charge in [-0.15, -0.1) is 0 Å². The van der Waals surface area contributed by atoms with Crippen molar-refractivity contribution in [2.45, 2.75) is 32.5 Å². The molecule has 1 amide bonds. The molecule has 0 spiro atoms. The summed E-state index contributed by atoms with van der Waals surface area (Å²) < 4.78 is 5.87. The lowest BCUT2D eigenvalue weighted by molar-refractivity contribution is -0.136. The molecule has 0 aliphatic carbocycles. The lowest BCUT2D eigenvalue weighted by Gasteiger charge is -2.30. The number of rotatable bonds is 9. The molecule has 1 unspecified atom stereocenters. The number of carbonyl (C=O) groups is 2. The minimum atomic E-state index is -0.913. The van der Waals surface area contributed by atoms with Gasteiger partial charge in [0.2, 0.25) is 5.91 Å². The molecule has 0 radical (unpaired) electrons. The Morgan fingerprint density at radius 3 is 2.19 bits per heavy atom. The number of likely N-dealkylation sites (N-methyl/N-ethyl adjacent to an activating group) is 1. The molecule has 1 saturated heterocycles. The number of hydrogen-bond donors (Lipinski definition) is 1. The van der Waals surface area contributed by atoms with Gasteiger partial charge in [-0.05, 0) is 67.9 Å². The van der Waals surface area contributed by atoms with Crippen LogP contribution < -0.4 is 4.74 Å². The fourth-order valence-corrected chi connectivity index (χ4v) is 4.53. The zero-order valence-corrected chi connectivity index (χ0v) is 21.5. The number of carboxylic acids is 1. The maximum Gasteiger partial charge on any atom is 0.335 e. The Kier molecular flexibility index (Phi) is 8.93. The second kappa shape index (κ2) is 12.5. The first-order valence-corrected chi connectivity index (χ1v) is 12.7. The Balaban J connectivity index is 1.26. The summed E-state index contributed by atoms with van der Waals surface area (Å²) in [5.74, 6) is 0.829. The van der Waals surface area contributed by atoms with Gasteiger partial charge in [-0.2, -0.15) is 0 Å². The summed E-state index contributed by atoms with van der Waals surface area (Å²) in [6.07, 6.45) is 0.915. The molecule has 0 aromatic heterocycles. The van der Waals surface area contributed by atoms with E-state index in [0.717, 1.165) is 55.2 Å². The van der Waals surface area contributed by atoms with Crippen molar-refractivity contribution >= 4 is 11.9 Å². The lowest BCUT2D eigenvalue weighted by Crippen LogP contribution is -2.46. The summed E-state index contributed by atoms with van der Waals surface area (Å²) in [7, 11) is 1.99. The van der Waals surface area contributed by atoms with Crippen LogP contribution in [0.3, 0.4) is 0 Å². The first kappa shape index (κ1) is 26.4. The standard InChI is InChI=1S/C30H35N3O4/c1-23(31(2)21-24-11-15-28(16-12-24)37-27-7-4-3-5-8-27)29(34)33-18-6-17-32(19-20-33)22-25-9-13-26(14-10-25)30(35)36/h3-5,7-16,23H,6,17-22H2,1-2H3,(H,35,36). The first-order valence-electron chi connectivity index (χ1n) is 12.7. The van der Waals surface area contributed by atoms with Gasteiger partial charge in [-0.3, -0.25) is 14.6 Å². The molecule has 1 heterocycles. The van der Waals surface area contributed by atoms with Crippen molar-refractivity contribution in [3.8, 4) is 11.5 Å². The van der Waals surface area contributed by atoms with Gasteiger partial charge in [-0.25, -0.2) is 4.79 Å². The van der Waals surface area contributed by atoms with Gasteiger partial charge in [0.25, 0.3) is 0 Å². The van der Waals surface area contributed by atoms with Crippen LogP contribution in [0.4, 0.5) is 0 Å². The third-order valence-electron chi connectivity index (χ3n) is 6.86. The van der Waals surface area contributed by atoms with Crippen LogP contribution in [0.1, 0.15) is 34.8 Å². The van der Waals surface area contributed by atoms with E-state index < -0.39 is 5.97 Å². The molecule has 1 aliphatic heterocycles. The monoisotopic (exact) mass is 501 g/mol. The van der Waals surface area contributed by atoms with Crippen LogP contribution in [-0.4, -0.2) is 71.0 Å². The van der Waals surface area contributed by atoms with E-state index in [0.29, 0.717) is 18.7 Å². The summed E-state index contributed by atoms with van der Waals surface area (Å²) in [5, 5.41) is 9.09. The maximum absolute atomic E-state index is 13.3. The summed E-state index contributed by atoms with van der Waals surface area (Å²) in [5.41, 5.74) is 2.50. The van der Waals surface area contributed by atoms with E-state index in [1.165, 1.54) is 0 Å². The lowest BCUT2D eigenvalue weighted by atomic mass is 10.1. The summed E-state index contributed by atoms with van der Waals surface area (Å²) >= 11 is 0. The van der Waals surface area contributed by atoms with Gasteiger partial charge in [0.1, 0.15) is 11.5 Å². The Bertz CT molecular complexity index is 1170. The number of ether oxygens (including phenoxy) is 1. The van der Waals surface area contributed by atoms with E-state index >= 15 is 0 Å². The van der Waals surface area contributed by atoms with Crippen LogP contribution in [0, 0.1) is 0 Å². The van der Waals surface area contributed by atoms with Crippen molar-refractivity contribution in [3.63, 3.8) is 0 Å². The fraction of sp³-hybridized carbons (Fsp3) is 0.333. The quantitative estimate of drug-likeness (QED) is 0.457. The predicted octanol–water partition coefficient (Wildman–Crippen LogP) is 4.73. The van der Waals surface area contributed by atoms with E-state index in [-0.39, 0.29) is 11.9 Å². The predicted molar refractivity (Wildman–Crippen MR) is 144 cm³/mol. The van der Waals surface area contributed by atoms with Gasteiger partial charge in [0.15, 0.2) is 0 Å². The molecule has 0 bridgehead atoms. The van der Waals surface area contributed by atoms with Crippen molar-refractivity contribution in [1.29, 1.82) is 0 Å². The number of para-hydroxylation sites is 1. The average molecular weight is 502 g/mol. The normalized spacial score (nSPS) is 15.3. The fourth-order valence-electron chi connectivity index (χ4n) is 4.53. The largest absolute Gasteiger partial charge is 0.478 e. The molecule has 4 rings (SSSR count). The van der Waals surface area contributed by atoms with Gasteiger partial charge < -0.3 is 14.7 Å². The van der Waals surface area contributed by atoms with Gasteiger partial charge in [0.05, 0.1) is 11.6 Å². The SMILES string of the molecule is CC(C(=O)N1CCCN(Cc2ccc(C(=O)O)cc2)CC1)N(C)Cc1ccc(Oc2ccccc2)cc1. The molecule has 3 aromatic carbocycles. The Labute approximate surface area is 218 Å². The van der Waals surface area contributed by atoms with Crippen molar-refractivity contribution in [2.24, 2.45) is 0 Å². The maximum atomic E-state index is 13.3. The smallest absolute Gasteiger partial charge is 0.335 e. The molecule has 37 heavy (non-hydrogen) atoms. The van der Waals surface area contributed by atoms with E-state index in [1.54, 1.807) is 12.1 Å². The zero-order valence-electron chi connectivity index (χ0n) is 21.5. The number of benzene rings is 3. The number of hydrogen-bond acceptors (Lipinski definition) is 5. The van der Waals surface area contributed by atoms with Crippen LogP contribution in [0.5, 0.6) is 11.5 Å². The molecule has 1 N–H and O–H groups in total. The van der Waals surface area contributed by atoms with Crippen LogP contribution in [-0.2, 0) is 17.9 Å². The molecule has 1 atom stereocenters. The zero-order chi connectivity index (χ0) is 26.2. The number of nitrogens with zero attached hydrogens (tertiary/aromatic N) is 3. The Morgan fingerprint density at radius 1 is 0.865 bits per heavy atom. The number of aromatic carboxylic acids is 1. The van der Waals surface area contributed by atoms with Crippen LogP contribution in [0.2, 0.25) is 0 Å². The minimum absolute atomic E-state index is 0.152. The van der Waals surface area contributed by atoms with Crippen LogP contribution in [0.25, 0.3) is 0 Å². The Morgan fingerprint density at radius 2 is 1.51 bits per heavy atom. The summed E-state index contributed by atoms with van der Waals surface area (Å²) in [6, 6.07) is 24.5. The Hall–Kier alpha value is -3.68. The van der Waals surface area contributed by atoms with E-state index in [9.17, 15) is 9.59 Å². The van der Waals surface area contributed by atoms with Crippen molar-refractivity contribution in [1.82, 2.24) is 14.7 Å². The average Bonchev–Trinajstić information content (AvgIpc) is 3.15. The highest BCUT2D eigenvalue weighted by Gasteiger charge is 2.26. The topological polar surface area (TPSA) is 73.3 Å². The highest BCUT2D eigenvalue weighted by molar-refractivity contribution is 5.87. The molecule has 7 heteroatoms. The second-order valence-electron chi connectivity index (χ2n) is 9.61. The summed E-state index contributed by atoms with van der Waals surface area (Å²) in [4.78, 5) is 30.8. The van der Waals surface area contributed by atoms with Crippen molar-refractivity contribution in [3.05, 3.63) is 95.6 Å². The number of carboxylic acid groups (broad SMARTS) is 1. The summed E-state index contributed by atoms with van der Waals surface area (Å²) in [6.45, 7) is 6.54. The molecule has 1 fully saturated rings.